The van der Waals surface area contributed by atoms with Crippen molar-refractivity contribution >= 4 is 22.7 Å². The first-order chi connectivity index (χ1) is 6.72. The van der Waals surface area contributed by atoms with Gasteiger partial charge in [0.2, 0.25) is 0 Å². The van der Waals surface area contributed by atoms with Gasteiger partial charge in [0.15, 0.2) is 5.82 Å². The Morgan fingerprint density at radius 3 is 3.00 bits per heavy atom. The number of carboxylic acid groups (broad SMARTS) is 1. The highest BCUT2D eigenvalue weighted by molar-refractivity contribution is 5.97. The number of hydrogen-bond donors (Lipinski definition) is 3. The molecule has 0 unspecified atom stereocenters. The molecule has 1 aromatic carbocycles. The Hall–Kier alpha value is -2.04. The molecule has 1 aromatic heterocycles. The molecule has 0 spiro atoms. The number of benzene rings is 1. The van der Waals surface area contributed by atoms with Crippen molar-refractivity contribution in [3.8, 4) is 0 Å². The minimum absolute atomic E-state index is 0.260. The van der Waals surface area contributed by atoms with E-state index in [-0.39, 0.29) is 5.56 Å². The standard InChI is InChI=1S/C9H9N3O2/c1-10-8-6-4-5(9(13)14)2-3-7(6)11-12-8/h2-4H,1H3,(H,13,14)(H2,10,11,12). The number of aromatic nitrogens is 2. The molecule has 2 rings (SSSR count). The topological polar surface area (TPSA) is 78.0 Å². The fraction of sp³-hybridized carbons (Fsp3) is 0.111. The third-order valence-corrected chi connectivity index (χ3v) is 2.05. The summed E-state index contributed by atoms with van der Waals surface area (Å²) in [6.45, 7) is 0. The Bertz CT molecular complexity index is 490. The number of hydrogen-bond acceptors (Lipinski definition) is 3. The molecule has 0 fully saturated rings. The number of nitrogens with one attached hydrogen (secondary N) is 2. The maximum atomic E-state index is 10.7. The molecule has 72 valence electrons. The van der Waals surface area contributed by atoms with Crippen LogP contribution in [0.2, 0.25) is 0 Å². The highest BCUT2D eigenvalue weighted by Crippen LogP contribution is 2.20. The van der Waals surface area contributed by atoms with E-state index in [1.807, 2.05) is 0 Å². The zero-order chi connectivity index (χ0) is 10.1. The van der Waals surface area contributed by atoms with Crippen molar-refractivity contribution in [1.82, 2.24) is 10.2 Å². The van der Waals surface area contributed by atoms with Crippen molar-refractivity contribution < 1.29 is 9.90 Å². The van der Waals surface area contributed by atoms with Crippen molar-refractivity contribution in [2.45, 2.75) is 0 Å². The van der Waals surface area contributed by atoms with Gasteiger partial charge < -0.3 is 10.4 Å². The zero-order valence-corrected chi connectivity index (χ0v) is 7.53. The molecule has 2 aromatic rings. The molecule has 0 saturated carbocycles. The van der Waals surface area contributed by atoms with E-state index in [1.54, 1.807) is 25.2 Å². The third-order valence-electron chi connectivity index (χ3n) is 2.05. The van der Waals surface area contributed by atoms with E-state index < -0.39 is 5.97 Å². The molecular weight excluding hydrogens is 182 g/mol. The van der Waals surface area contributed by atoms with Crippen LogP contribution in [0.25, 0.3) is 10.9 Å². The number of nitrogens with zero attached hydrogens (tertiary/aromatic N) is 1. The SMILES string of the molecule is CNc1n[nH]c2ccc(C(=O)O)cc12. The van der Waals surface area contributed by atoms with Gasteiger partial charge >= 0.3 is 5.97 Å². The van der Waals surface area contributed by atoms with Gasteiger partial charge in [-0.15, -0.1) is 0 Å². The van der Waals surface area contributed by atoms with E-state index in [2.05, 4.69) is 15.5 Å². The third kappa shape index (κ3) is 1.19. The molecule has 0 amide bonds. The minimum atomic E-state index is -0.935. The monoisotopic (exact) mass is 191 g/mol. The van der Waals surface area contributed by atoms with Crippen molar-refractivity contribution in [1.29, 1.82) is 0 Å². The lowest BCUT2D eigenvalue weighted by Gasteiger charge is -1.96. The van der Waals surface area contributed by atoms with Crippen LogP contribution in [0.1, 0.15) is 10.4 Å². The van der Waals surface area contributed by atoms with Crippen LogP contribution in [0.4, 0.5) is 5.82 Å². The van der Waals surface area contributed by atoms with Crippen LogP contribution in [-0.4, -0.2) is 28.3 Å². The Balaban J connectivity index is 2.67. The predicted octanol–water partition coefficient (Wildman–Crippen LogP) is 1.30. The van der Waals surface area contributed by atoms with Crippen LogP contribution in [-0.2, 0) is 0 Å². The lowest BCUT2D eigenvalue weighted by atomic mass is 10.1. The number of aromatic carboxylic acids is 1. The number of fused-ring (bicyclic) bond motifs is 1. The summed E-state index contributed by atoms with van der Waals surface area (Å²) in [5.41, 5.74) is 1.08. The fourth-order valence-electron chi connectivity index (χ4n) is 1.34. The number of H-pyrrole nitrogens is 1. The number of carboxylic acids is 1. The molecule has 5 nitrogen and oxygen atoms in total. The summed E-state index contributed by atoms with van der Waals surface area (Å²) in [6, 6.07) is 4.84. The summed E-state index contributed by atoms with van der Waals surface area (Å²) in [5.74, 6) is -0.279. The van der Waals surface area contributed by atoms with E-state index in [0.29, 0.717) is 5.82 Å². The number of carbonyl (C=O) groups is 1. The molecule has 0 atom stereocenters. The first-order valence-electron chi connectivity index (χ1n) is 4.11. The van der Waals surface area contributed by atoms with E-state index in [0.717, 1.165) is 10.9 Å². The van der Waals surface area contributed by atoms with Crippen molar-refractivity contribution in [2.24, 2.45) is 0 Å². The molecule has 0 bridgehead atoms. The van der Waals surface area contributed by atoms with Gasteiger partial charge in [-0.3, -0.25) is 5.10 Å². The summed E-state index contributed by atoms with van der Waals surface area (Å²) in [7, 11) is 1.74. The van der Waals surface area contributed by atoms with E-state index in [4.69, 9.17) is 5.11 Å². The van der Waals surface area contributed by atoms with Gasteiger partial charge in [-0.25, -0.2) is 4.79 Å². The molecule has 1 heterocycles. The second-order valence-electron chi connectivity index (χ2n) is 2.89. The second kappa shape index (κ2) is 3.02. The van der Waals surface area contributed by atoms with Gasteiger partial charge in [0.1, 0.15) is 0 Å². The van der Waals surface area contributed by atoms with Crippen LogP contribution in [0.3, 0.4) is 0 Å². The summed E-state index contributed by atoms with van der Waals surface area (Å²) >= 11 is 0. The van der Waals surface area contributed by atoms with Crippen LogP contribution < -0.4 is 5.32 Å². The Morgan fingerprint density at radius 1 is 1.57 bits per heavy atom. The Morgan fingerprint density at radius 2 is 2.36 bits per heavy atom. The van der Waals surface area contributed by atoms with E-state index in [9.17, 15) is 4.79 Å². The summed E-state index contributed by atoms with van der Waals surface area (Å²) < 4.78 is 0. The molecular formula is C9H9N3O2. The molecule has 14 heavy (non-hydrogen) atoms. The zero-order valence-electron chi connectivity index (χ0n) is 7.53. The highest BCUT2D eigenvalue weighted by atomic mass is 16.4. The molecule has 0 saturated heterocycles. The van der Waals surface area contributed by atoms with E-state index >= 15 is 0 Å². The first-order valence-corrected chi connectivity index (χ1v) is 4.11. The van der Waals surface area contributed by atoms with Gasteiger partial charge in [0.05, 0.1) is 11.1 Å². The van der Waals surface area contributed by atoms with Gasteiger partial charge in [-0.1, -0.05) is 0 Å². The Kier molecular flexibility index (Phi) is 1.85. The number of aromatic amines is 1. The summed E-state index contributed by atoms with van der Waals surface area (Å²) in [5, 5.41) is 19.2. The average Bonchev–Trinajstić information content (AvgIpc) is 2.59. The minimum Gasteiger partial charge on any atom is -0.478 e. The maximum absolute atomic E-state index is 10.7. The summed E-state index contributed by atoms with van der Waals surface area (Å²) in [6.07, 6.45) is 0. The Labute approximate surface area is 79.7 Å². The first kappa shape index (κ1) is 8.55. The number of anilines is 1. The van der Waals surface area contributed by atoms with Crippen molar-refractivity contribution in [3.05, 3.63) is 23.8 Å². The quantitative estimate of drug-likeness (QED) is 0.668. The second-order valence-corrected chi connectivity index (χ2v) is 2.89. The van der Waals surface area contributed by atoms with Gasteiger partial charge in [0, 0.05) is 12.4 Å². The molecule has 5 heteroatoms. The van der Waals surface area contributed by atoms with Crippen LogP contribution in [0, 0.1) is 0 Å². The van der Waals surface area contributed by atoms with Crippen LogP contribution >= 0.6 is 0 Å². The summed E-state index contributed by atoms with van der Waals surface area (Å²) in [4.78, 5) is 10.7. The molecule has 0 aliphatic heterocycles. The largest absolute Gasteiger partial charge is 0.478 e. The van der Waals surface area contributed by atoms with Gasteiger partial charge in [-0.05, 0) is 18.2 Å². The predicted molar refractivity (Wildman–Crippen MR) is 52.6 cm³/mol. The van der Waals surface area contributed by atoms with Crippen LogP contribution in [0.15, 0.2) is 18.2 Å². The van der Waals surface area contributed by atoms with Crippen LogP contribution in [0.5, 0.6) is 0 Å². The van der Waals surface area contributed by atoms with Gasteiger partial charge in [-0.2, -0.15) is 5.10 Å². The fourth-order valence-corrected chi connectivity index (χ4v) is 1.34. The average molecular weight is 191 g/mol. The normalized spacial score (nSPS) is 10.4. The molecule has 0 aliphatic carbocycles. The number of rotatable bonds is 2. The highest BCUT2D eigenvalue weighted by Gasteiger charge is 2.07. The van der Waals surface area contributed by atoms with Crippen molar-refractivity contribution in [3.63, 3.8) is 0 Å². The lowest BCUT2D eigenvalue weighted by Crippen LogP contribution is -1.95. The van der Waals surface area contributed by atoms with Gasteiger partial charge in [0.25, 0.3) is 0 Å². The van der Waals surface area contributed by atoms with Crippen molar-refractivity contribution in [2.75, 3.05) is 12.4 Å². The molecule has 0 radical (unpaired) electrons. The molecule has 0 aliphatic rings. The smallest absolute Gasteiger partial charge is 0.335 e. The van der Waals surface area contributed by atoms with E-state index in [1.165, 1.54) is 0 Å². The lowest BCUT2D eigenvalue weighted by molar-refractivity contribution is 0.0697. The maximum Gasteiger partial charge on any atom is 0.335 e. The molecule has 3 N–H and O–H groups in total.